The molecule has 174 valence electrons. The smallest absolute Gasteiger partial charge is 0.262 e. The van der Waals surface area contributed by atoms with E-state index in [1.165, 1.54) is 29.2 Å². The molecular formula is C23H25N3O5S2. The summed E-state index contributed by atoms with van der Waals surface area (Å²) in [6.45, 7) is 3.28. The predicted octanol–water partition coefficient (Wildman–Crippen LogP) is 2.00. The zero-order chi connectivity index (χ0) is 23.6. The lowest BCUT2D eigenvalue weighted by atomic mass is 9.92. The highest BCUT2D eigenvalue weighted by Gasteiger charge is 2.48. The molecule has 4 rings (SSSR count). The summed E-state index contributed by atoms with van der Waals surface area (Å²) in [6, 6.07) is 9.24. The SMILES string of the molecule is CC1OCC(=O)C1(C)NC(=O)C(Cc1cccc(O)c1)NC(=O)C1(c2cccs2)NC=CS1. The van der Waals surface area contributed by atoms with Crippen LogP contribution in [0.2, 0.25) is 0 Å². The number of Topliss-reactive ketones (excluding diaryl/α,β-unsaturated/α-hetero) is 1. The van der Waals surface area contributed by atoms with Gasteiger partial charge in [0.15, 0.2) is 5.78 Å². The molecule has 0 bridgehead atoms. The van der Waals surface area contributed by atoms with Crippen molar-refractivity contribution in [1.82, 2.24) is 16.0 Å². The fourth-order valence-corrected chi connectivity index (χ4v) is 5.70. The van der Waals surface area contributed by atoms with E-state index in [1.807, 2.05) is 17.5 Å². The minimum atomic E-state index is -1.19. The number of hydrogen-bond acceptors (Lipinski definition) is 8. The molecule has 2 aliphatic heterocycles. The Morgan fingerprint density at radius 1 is 1.33 bits per heavy atom. The Kier molecular flexibility index (Phi) is 6.51. The number of phenolic OH excluding ortho intramolecular Hbond substituents is 1. The van der Waals surface area contributed by atoms with Gasteiger partial charge in [-0.1, -0.05) is 30.0 Å². The van der Waals surface area contributed by atoms with Crippen LogP contribution in [0.25, 0.3) is 0 Å². The number of phenols is 1. The normalized spacial score (nSPS) is 27.2. The molecule has 4 atom stereocenters. The zero-order valence-corrected chi connectivity index (χ0v) is 19.8. The van der Waals surface area contributed by atoms with E-state index in [-0.39, 0.29) is 30.5 Å². The van der Waals surface area contributed by atoms with Crippen LogP contribution < -0.4 is 16.0 Å². The summed E-state index contributed by atoms with van der Waals surface area (Å²) >= 11 is 2.75. The van der Waals surface area contributed by atoms with Crippen LogP contribution in [0, 0.1) is 0 Å². The van der Waals surface area contributed by atoms with Crippen LogP contribution in [-0.4, -0.2) is 47.0 Å². The van der Waals surface area contributed by atoms with Crippen molar-refractivity contribution in [3.8, 4) is 5.75 Å². The fourth-order valence-electron chi connectivity index (χ4n) is 3.81. The lowest BCUT2D eigenvalue weighted by Gasteiger charge is -2.32. The molecule has 0 spiro atoms. The van der Waals surface area contributed by atoms with Gasteiger partial charge >= 0.3 is 0 Å². The summed E-state index contributed by atoms with van der Waals surface area (Å²) in [4.78, 5) is 39.1. The Morgan fingerprint density at radius 3 is 2.76 bits per heavy atom. The van der Waals surface area contributed by atoms with Crippen molar-refractivity contribution < 1.29 is 24.2 Å². The third kappa shape index (κ3) is 4.50. The molecule has 1 saturated heterocycles. The van der Waals surface area contributed by atoms with Crippen LogP contribution in [0.3, 0.4) is 0 Å². The number of thioether (sulfide) groups is 1. The van der Waals surface area contributed by atoms with E-state index in [1.54, 1.807) is 43.7 Å². The third-order valence-corrected chi connectivity index (χ3v) is 8.27. The summed E-state index contributed by atoms with van der Waals surface area (Å²) in [5.41, 5.74) is -0.523. The highest BCUT2D eigenvalue weighted by atomic mass is 32.2. The Hall–Kier alpha value is -2.82. The van der Waals surface area contributed by atoms with E-state index in [0.29, 0.717) is 5.56 Å². The lowest BCUT2D eigenvalue weighted by Crippen LogP contribution is -2.62. The second-order valence-corrected chi connectivity index (χ2v) is 10.3. The van der Waals surface area contributed by atoms with Gasteiger partial charge in [0.2, 0.25) is 10.8 Å². The van der Waals surface area contributed by atoms with E-state index in [2.05, 4.69) is 16.0 Å². The molecule has 2 amide bonds. The van der Waals surface area contributed by atoms with E-state index in [4.69, 9.17) is 4.74 Å². The van der Waals surface area contributed by atoms with Gasteiger partial charge in [0.25, 0.3) is 5.91 Å². The van der Waals surface area contributed by atoms with Crippen LogP contribution in [0.1, 0.15) is 24.3 Å². The first kappa shape index (κ1) is 23.3. The fraction of sp³-hybridized carbons (Fsp3) is 0.348. The monoisotopic (exact) mass is 487 g/mol. The summed E-state index contributed by atoms with van der Waals surface area (Å²) in [5, 5.41) is 22.3. The Morgan fingerprint density at radius 2 is 2.15 bits per heavy atom. The van der Waals surface area contributed by atoms with Crippen molar-refractivity contribution in [2.45, 2.75) is 42.8 Å². The minimum absolute atomic E-state index is 0.0604. The maximum Gasteiger partial charge on any atom is 0.262 e. The number of ether oxygens (including phenoxy) is 1. The predicted molar refractivity (Wildman–Crippen MR) is 127 cm³/mol. The standard InChI is InChI=1S/C23H25N3O5S2/c1-14-22(2,18(28)13-31-14)26-20(29)17(12-15-5-3-6-16(27)11-15)25-21(30)23(24-8-10-33-23)19-7-4-9-32-19/h3-11,14,17,24,27H,12-13H2,1-2H3,(H,25,30)(H,26,29). The van der Waals surface area contributed by atoms with Gasteiger partial charge in [-0.3, -0.25) is 14.4 Å². The topological polar surface area (TPSA) is 117 Å². The molecule has 3 heterocycles. The Balaban J connectivity index is 1.60. The molecule has 1 aromatic carbocycles. The van der Waals surface area contributed by atoms with E-state index >= 15 is 0 Å². The highest BCUT2D eigenvalue weighted by molar-refractivity contribution is 8.04. The van der Waals surface area contributed by atoms with Crippen molar-refractivity contribution in [1.29, 1.82) is 0 Å². The molecule has 10 heteroatoms. The highest BCUT2D eigenvalue weighted by Crippen LogP contribution is 2.41. The number of ketones is 1. The average Bonchev–Trinajstić information content (AvgIpc) is 3.52. The second-order valence-electron chi connectivity index (χ2n) is 8.19. The van der Waals surface area contributed by atoms with Crippen molar-refractivity contribution in [2.24, 2.45) is 0 Å². The van der Waals surface area contributed by atoms with Gasteiger partial charge in [0, 0.05) is 12.6 Å². The van der Waals surface area contributed by atoms with Gasteiger partial charge in [-0.05, 0) is 48.4 Å². The van der Waals surface area contributed by atoms with Crippen molar-refractivity contribution in [2.75, 3.05) is 6.61 Å². The number of nitrogens with one attached hydrogen (secondary N) is 3. The van der Waals surface area contributed by atoms with Gasteiger partial charge < -0.3 is 25.8 Å². The van der Waals surface area contributed by atoms with Crippen LogP contribution in [-0.2, 0) is 30.4 Å². The van der Waals surface area contributed by atoms with E-state index in [0.717, 1.165) is 4.88 Å². The van der Waals surface area contributed by atoms with Crippen LogP contribution in [0.15, 0.2) is 53.4 Å². The molecule has 1 aromatic heterocycles. The summed E-state index contributed by atoms with van der Waals surface area (Å²) < 4.78 is 5.42. The molecule has 2 aromatic rings. The second kappa shape index (κ2) is 9.20. The molecule has 4 unspecified atom stereocenters. The molecule has 2 aliphatic rings. The molecule has 8 nitrogen and oxygen atoms in total. The molecule has 0 aliphatic carbocycles. The minimum Gasteiger partial charge on any atom is -0.508 e. The number of amides is 2. The Bertz CT molecular complexity index is 1080. The number of aromatic hydroxyl groups is 1. The number of rotatable bonds is 7. The van der Waals surface area contributed by atoms with Crippen LogP contribution in [0.4, 0.5) is 0 Å². The first-order chi connectivity index (χ1) is 15.7. The third-order valence-electron chi connectivity index (χ3n) is 6.00. The number of carbonyl (C=O) groups is 3. The number of carbonyl (C=O) groups excluding carboxylic acids is 3. The van der Waals surface area contributed by atoms with E-state index < -0.39 is 28.5 Å². The van der Waals surface area contributed by atoms with Gasteiger partial charge in [0.05, 0.1) is 11.0 Å². The molecule has 33 heavy (non-hydrogen) atoms. The van der Waals surface area contributed by atoms with Gasteiger partial charge in [-0.15, -0.1) is 11.3 Å². The van der Waals surface area contributed by atoms with Gasteiger partial charge in [-0.25, -0.2) is 0 Å². The summed E-state index contributed by atoms with van der Waals surface area (Å²) in [7, 11) is 0. The maximum absolute atomic E-state index is 13.5. The first-order valence-corrected chi connectivity index (χ1v) is 12.2. The summed E-state index contributed by atoms with van der Waals surface area (Å²) in [5.74, 6) is -1.05. The van der Waals surface area contributed by atoms with Crippen molar-refractivity contribution in [3.05, 3.63) is 63.8 Å². The zero-order valence-electron chi connectivity index (χ0n) is 18.2. The van der Waals surface area contributed by atoms with Crippen LogP contribution in [0.5, 0.6) is 5.75 Å². The maximum atomic E-state index is 13.5. The summed E-state index contributed by atoms with van der Waals surface area (Å²) in [6.07, 6.45) is 1.33. The van der Waals surface area contributed by atoms with Crippen molar-refractivity contribution in [3.63, 3.8) is 0 Å². The number of hydrogen-bond donors (Lipinski definition) is 4. The first-order valence-electron chi connectivity index (χ1n) is 10.4. The molecule has 0 radical (unpaired) electrons. The molecular weight excluding hydrogens is 462 g/mol. The Labute approximate surface area is 199 Å². The van der Waals surface area contributed by atoms with E-state index in [9.17, 15) is 19.5 Å². The molecule has 4 N–H and O–H groups in total. The number of thiophene rings is 1. The van der Waals surface area contributed by atoms with Crippen LogP contribution >= 0.6 is 23.1 Å². The average molecular weight is 488 g/mol. The molecule has 1 fully saturated rings. The van der Waals surface area contributed by atoms with Crippen molar-refractivity contribution >= 4 is 40.7 Å². The quantitative estimate of drug-likeness (QED) is 0.472. The number of benzene rings is 1. The molecule has 0 saturated carbocycles. The van der Waals surface area contributed by atoms with Gasteiger partial charge in [0.1, 0.15) is 23.9 Å². The van der Waals surface area contributed by atoms with Gasteiger partial charge in [-0.2, -0.15) is 0 Å². The largest absolute Gasteiger partial charge is 0.508 e. The lowest BCUT2D eigenvalue weighted by molar-refractivity contribution is -0.133.